The number of carbonyl (C=O) groups is 2. The molecular formula is C11H13NO4. The first kappa shape index (κ1) is 10.7. The number of rotatable bonds is 4. The summed E-state index contributed by atoms with van der Waals surface area (Å²) in [5.74, 6) is -1.32. The molecule has 0 radical (unpaired) electrons. The van der Waals surface area contributed by atoms with Crippen molar-refractivity contribution in [1.82, 2.24) is 5.32 Å². The second-order valence-corrected chi connectivity index (χ2v) is 3.93. The van der Waals surface area contributed by atoms with Crippen LogP contribution in [0.5, 0.6) is 0 Å². The summed E-state index contributed by atoms with van der Waals surface area (Å²) >= 11 is 0. The predicted molar refractivity (Wildman–Crippen MR) is 54.4 cm³/mol. The van der Waals surface area contributed by atoms with E-state index in [4.69, 9.17) is 9.52 Å². The van der Waals surface area contributed by atoms with Crippen LogP contribution >= 0.6 is 0 Å². The van der Waals surface area contributed by atoms with Gasteiger partial charge in [0.05, 0.1) is 24.6 Å². The maximum atomic E-state index is 11.6. The van der Waals surface area contributed by atoms with Crippen molar-refractivity contribution in [1.29, 1.82) is 0 Å². The van der Waals surface area contributed by atoms with Crippen molar-refractivity contribution < 1.29 is 19.1 Å². The van der Waals surface area contributed by atoms with Gasteiger partial charge in [0.15, 0.2) is 0 Å². The van der Waals surface area contributed by atoms with Crippen LogP contribution in [0.1, 0.15) is 18.6 Å². The van der Waals surface area contributed by atoms with Gasteiger partial charge in [0.2, 0.25) is 5.91 Å². The second kappa shape index (κ2) is 4.38. The van der Waals surface area contributed by atoms with E-state index < -0.39 is 11.9 Å². The third kappa shape index (κ3) is 2.08. The molecule has 1 amide bonds. The standard InChI is InChI=1S/C11H13NO4/c13-10(8-3-4-9(8)11(14)15)12-6-7-2-1-5-16-7/h1-2,5,8-9H,3-4,6H2,(H,12,13)(H,14,15). The number of carbonyl (C=O) groups excluding carboxylic acids is 1. The van der Waals surface area contributed by atoms with Gasteiger partial charge < -0.3 is 14.8 Å². The Labute approximate surface area is 92.4 Å². The summed E-state index contributed by atoms with van der Waals surface area (Å²) < 4.78 is 5.06. The molecule has 1 fully saturated rings. The Hall–Kier alpha value is -1.78. The molecule has 1 saturated carbocycles. The number of carboxylic acids is 1. The molecule has 1 aromatic rings. The lowest BCUT2D eigenvalue weighted by molar-refractivity contribution is -0.152. The van der Waals surface area contributed by atoms with Crippen LogP contribution in [0.4, 0.5) is 0 Å². The predicted octanol–water partition coefficient (Wildman–Crippen LogP) is 1.01. The molecule has 1 aliphatic rings. The first-order valence-electron chi connectivity index (χ1n) is 5.21. The van der Waals surface area contributed by atoms with Gasteiger partial charge in [-0.2, -0.15) is 0 Å². The summed E-state index contributed by atoms with van der Waals surface area (Å²) in [4.78, 5) is 22.4. The van der Waals surface area contributed by atoms with Gasteiger partial charge in [0.1, 0.15) is 5.76 Å². The molecule has 1 heterocycles. The van der Waals surface area contributed by atoms with E-state index in [0.29, 0.717) is 25.1 Å². The van der Waals surface area contributed by atoms with Crippen molar-refractivity contribution in [3.8, 4) is 0 Å². The van der Waals surface area contributed by atoms with Gasteiger partial charge in [-0.25, -0.2) is 0 Å². The van der Waals surface area contributed by atoms with Gasteiger partial charge in [-0.15, -0.1) is 0 Å². The van der Waals surface area contributed by atoms with Gasteiger partial charge in [-0.3, -0.25) is 9.59 Å². The smallest absolute Gasteiger partial charge is 0.307 e. The second-order valence-electron chi connectivity index (χ2n) is 3.93. The fourth-order valence-corrected chi connectivity index (χ4v) is 1.83. The highest BCUT2D eigenvalue weighted by atomic mass is 16.4. The van der Waals surface area contributed by atoms with Gasteiger partial charge in [0, 0.05) is 0 Å². The number of nitrogens with one attached hydrogen (secondary N) is 1. The van der Waals surface area contributed by atoms with Gasteiger partial charge in [-0.05, 0) is 25.0 Å². The molecule has 2 N–H and O–H groups in total. The Morgan fingerprint density at radius 1 is 1.44 bits per heavy atom. The highest BCUT2D eigenvalue weighted by molar-refractivity contribution is 5.86. The van der Waals surface area contributed by atoms with Crippen LogP contribution in [-0.4, -0.2) is 17.0 Å². The maximum Gasteiger partial charge on any atom is 0.307 e. The molecular weight excluding hydrogens is 210 g/mol. The minimum absolute atomic E-state index is 0.199. The zero-order chi connectivity index (χ0) is 11.5. The van der Waals surface area contributed by atoms with Crippen LogP contribution < -0.4 is 5.32 Å². The highest BCUT2D eigenvalue weighted by Gasteiger charge is 2.41. The number of furan rings is 1. The Balaban J connectivity index is 1.82. The van der Waals surface area contributed by atoms with E-state index >= 15 is 0 Å². The number of aliphatic carboxylic acids is 1. The fourth-order valence-electron chi connectivity index (χ4n) is 1.83. The third-order valence-electron chi connectivity index (χ3n) is 2.95. The largest absolute Gasteiger partial charge is 0.481 e. The van der Waals surface area contributed by atoms with Crippen molar-refractivity contribution >= 4 is 11.9 Å². The number of hydrogen-bond acceptors (Lipinski definition) is 3. The molecule has 0 aromatic carbocycles. The lowest BCUT2D eigenvalue weighted by Crippen LogP contribution is -2.43. The molecule has 2 atom stereocenters. The fraction of sp³-hybridized carbons (Fsp3) is 0.455. The van der Waals surface area contributed by atoms with E-state index in [1.54, 1.807) is 12.1 Å². The Kier molecular flexibility index (Phi) is 2.94. The Morgan fingerprint density at radius 3 is 2.69 bits per heavy atom. The normalized spacial score (nSPS) is 23.5. The minimum Gasteiger partial charge on any atom is -0.481 e. The van der Waals surface area contributed by atoms with E-state index in [9.17, 15) is 9.59 Å². The lowest BCUT2D eigenvalue weighted by atomic mass is 9.73. The molecule has 0 bridgehead atoms. The molecule has 1 aliphatic carbocycles. The molecule has 2 unspecified atom stereocenters. The van der Waals surface area contributed by atoms with Crippen LogP contribution in [0, 0.1) is 11.8 Å². The molecule has 0 aliphatic heterocycles. The first-order chi connectivity index (χ1) is 7.68. The summed E-state index contributed by atoms with van der Waals surface area (Å²) in [6.07, 6.45) is 2.78. The van der Waals surface area contributed by atoms with Crippen molar-refractivity contribution in [2.75, 3.05) is 0 Å². The van der Waals surface area contributed by atoms with Crippen LogP contribution in [0.25, 0.3) is 0 Å². The Bertz CT molecular complexity index is 385. The zero-order valence-electron chi connectivity index (χ0n) is 8.68. The summed E-state index contributed by atoms with van der Waals surface area (Å²) in [5.41, 5.74) is 0. The van der Waals surface area contributed by atoms with Crippen LogP contribution in [0.2, 0.25) is 0 Å². The molecule has 2 rings (SSSR count). The summed E-state index contributed by atoms with van der Waals surface area (Å²) in [7, 11) is 0. The molecule has 1 aromatic heterocycles. The monoisotopic (exact) mass is 223 g/mol. The van der Waals surface area contributed by atoms with Gasteiger partial charge >= 0.3 is 5.97 Å². The first-order valence-corrected chi connectivity index (χ1v) is 5.21. The quantitative estimate of drug-likeness (QED) is 0.798. The van der Waals surface area contributed by atoms with E-state index in [2.05, 4.69) is 5.32 Å². The van der Waals surface area contributed by atoms with E-state index in [-0.39, 0.29) is 11.8 Å². The Morgan fingerprint density at radius 2 is 2.19 bits per heavy atom. The molecule has 0 saturated heterocycles. The van der Waals surface area contributed by atoms with E-state index in [1.165, 1.54) is 6.26 Å². The minimum atomic E-state index is -0.885. The van der Waals surface area contributed by atoms with Crippen molar-refractivity contribution in [2.24, 2.45) is 11.8 Å². The highest BCUT2D eigenvalue weighted by Crippen LogP contribution is 2.34. The molecule has 16 heavy (non-hydrogen) atoms. The van der Waals surface area contributed by atoms with E-state index in [0.717, 1.165) is 0 Å². The molecule has 86 valence electrons. The maximum absolute atomic E-state index is 11.6. The zero-order valence-corrected chi connectivity index (χ0v) is 8.68. The summed E-state index contributed by atoms with van der Waals surface area (Å²) in [5, 5.41) is 11.5. The SMILES string of the molecule is O=C(O)C1CCC1C(=O)NCc1ccco1. The number of amides is 1. The summed E-state index contributed by atoms with van der Waals surface area (Å²) in [6.45, 7) is 0.314. The van der Waals surface area contributed by atoms with Crippen LogP contribution in [0.3, 0.4) is 0 Å². The van der Waals surface area contributed by atoms with E-state index in [1.807, 2.05) is 0 Å². The number of carboxylic acid groups (broad SMARTS) is 1. The van der Waals surface area contributed by atoms with Crippen molar-refractivity contribution in [3.63, 3.8) is 0 Å². The van der Waals surface area contributed by atoms with Crippen molar-refractivity contribution in [2.45, 2.75) is 19.4 Å². The van der Waals surface area contributed by atoms with Gasteiger partial charge in [0.25, 0.3) is 0 Å². The lowest BCUT2D eigenvalue weighted by Gasteiger charge is -2.31. The van der Waals surface area contributed by atoms with Crippen LogP contribution in [0.15, 0.2) is 22.8 Å². The topological polar surface area (TPSA) is 79.5 Å². The average molecular weight is 223 g/mol. The summed E-state index contributed by atoms with van der Waals surface area (Å²) in [6, 6.07) is 3.50. The third-order valence-corrected chi connectivity index (χ3v) is 2.95. The molecule has 5 heteroatoms. The van der Waals surface area contributed by atoms with Crippen LogP contribution in [-0.2, 0) is 16.1 Å². The number of hydrogen-bond donors (Lipinski definition) is 2. The average Bonchev–Trinajstić information content (AvgIpc) is 2.64. The molecule has 5 nitrogen and oxygen atoms in total. The van der Waals surface area contributed by atoms with Gasteiger partial charge in [-0.1, -0.05) is 0 Å². The molecule has 0 spiro atoms. The van der Waals surface area contributed by atoms with Crippen molar-refractivity contribution in [3.05, 3.63) is 24.2 Å².